The number of fused-ring (bicyclic) bond motifs is 1. The number of rotatable bonds is 2. The number of Topliss-reactive ketones (excluding diaryl/α,β-unsaturated/α-hetero) is 1. The SMILES string of the molecule is CC(=O)c1ccc(NC(=S)N2c3ccccc3C[C@H]2C)cc1. The van der Waals surface area contributed by atoms with Gasteiger partial charge in [0.1, 0.15) is 0 Å². The maximum atomic E-state index is 11.3. The zero-order valence-corrected chi connectivity index (χ0v) is 13.5. The van der Waals surface area contributed by atoms with Crippen LogP contribution < -0.4 is 10.2 Å². The molecule has 0 aliphatic carbocycles. The molecule has 2 aromatic rings. The standard InChI is InChI=1S/C18H18N2OS/c1-12-11-15-5-3-4-6-17(15)20(12)18(22)19-16-9-7-14(8-10-16)13(2)21/h3-10,12H,11H2,1-2H3,(H,19,22)/t12-/m1/s1. The molecule has 3 rings (SSSR count). The van der Waals surface area contributed by atoms with Crippen molar-refractivity contribution in [1.29, 1.82) is 0 Å². The highest BCUT2D eigenvalue weighted by Crippen LogP contribution is 2.32. The number of thiocarbonyl (C=S) groups is 1. The van der Waals surface area contributed by atoms with E-state index in [0.29, 0.717) is 16.7 Å². The molecule has 0 saturated carbocycles. The van der Waals surface area contributed by atoms with Gasteiger partial charge >= 0.3 is 0 Å². The van der Waals surface area contributed by atoms with Crippen LogP contribution in [0.1, 0.15) is 29.8 Å². The van der Waals surface area contributed by atoms with E-state index in [1.54, 1.807) is 6.92 Å². The van der Waals surface area contributed by atoms with Crippen LogP contribution in [0.3, 0.4) is 0 Å². The summed E-state index contributed by atoms with van der Waals surface area (Å²) in [5.74, 6) is 0.0659. The van der Waals surface area contributed by atoms with Crippen LogP contribution in [-0.4, -0.2) is 16.9 Å². The third kappa shape index (κ3) is 2.74. The van der Waals surface area contributed by atoms with Gasteiger partial charge in [-0.05, 0) is 68.4 Å². The summed E-state index contributed by atoms with van der Waals surface area (Å²) in [4.78, 5) is 13.5. The second-order valence-corrected chi connectivity index (χ2v) is 6.00. The Morgan fingerprint density at radius 2 is 1.86 bits per heavy atom. The van der Waals surface area contributed by atoms with Crippen molar-refractivity contribution in [3.63, 3.8) is 0 Å². The second kappa shape index (κ2) is 5.89. The number of ketones is 1. The molecule has 0 spiro atoms. The van der Waals surface area contributed by atoms with Gasteiger partial charge in [0, 0.05) is 23.0 Å². The summed E-state index contributed by atoms with van der Waals surface area (Å²) < 4.78 is 0. The Labute approximate surface area is 136 Å². The highest BCUT2D eigenvalue weighted by atomic mass is 32.1. The van der Waals surface area contributed by atoms with Crippen LogP contribution in [-0.2, 0) is 6.42 Å². The van der Waals surface area contributed by atoms with Crippen LogP contribution in [0.5, 0.6) is 0 Å². The van der Waals surface area contributed by atoms with Gasteiger partial charge in [-0.15, -0.1) is 0 Å². The summed E-state index contributed by atoms with van der Waals surface area (Å²) in [5, 5.41) is 3.96. The monoisotopic (exact) mass is 310 g/mol. The first-order valence-electron chi connectivity index (χ1n) is 7.35. The minimum absolute atomic E-state index is 0.0659. The highest BCUT2D eigenvalue weighted by Gasteiger charge is 2.28. The predicted molar refractivity (Wildman–Crippen MR) is 94.8 cm³/mol. The molecule has 1 heterocycles. The van der Waals surface area contributed by atoms with Crippen molar-refractivity contribution in [2.24, 2.45) is 0 Å². The third-order valence-electron chi connectivity index (χ3n) is 3.97. The number of carbonyl (C=O) groups is 1. The van der Waals surface area contributed by atoms with Crippen LogP contribution in [0.4, 0.5) is 11.4 Å². The van der Waals surface area contributed by atoms with E-state index < -0.39 is 0 Å². The maximum Gasteiger partial charge on any atom is 0.178 e. The number of benzene rings is 2. The van der Waals surface area contributed by atoms with Crippen molar-refractivity contribution >= 4 is 34.5 Å². The van der Waals surface area contributed by atoms with E-state index >= 15 is 0 Å². The number of hydrogen-bond donors (Lipinski definition) is 1. The minimum Gasteiger partial charge on any atom is -0.332 e. The van der Waals surface area contributed by atoms with Gasteiger partial charge in [-0.1, -0.05) is 18.2 Å². The lowest BCUT2D eigenvalue weighted by atomic mass is 10.1. The van der Waals surface area contributed by atoms with Crippen molar-refractivity contribution < 1.29 is 4.79 Å². The van der Waals surface area contributed by atoms with Gasteiger partial charge in [-0.25, -0.2) is 0 Å². The van der Waals surface area contributed by atoms with E-state index in [-0.39, 0.29) is 5.78 Å². The van der Waals surface area contributed by atoms with Gasteiger partial charge in [-0.2, -0.15) is 0 Å². The van der Waals surface area contributed by atoms with Crippen LogP contribution >= 0.6 is 12.2 Å². The first kappa shape index (κ1) is 14.7. The lowest BCUT2D eigenvalue weighted by molar-refractivity contribution is 0.101. The molecule has 0 bridgehead atoms. The molecule has 0 unspecified atom stereocenters. The number of carbonyl (C=O) groups excluding carboxylic acids is 1. The lowest BCUT2D eigenvalue weighted by Crippen LogP contribution is -2.38. The smallest absolute Gasteiger partial charge is 0.178 e. The van der Waals surface area contributed by atoms with Gasteiger partial charge in [0.2, 0.25) is 0 Å². The van der Waals surface area contributed by atoms with Crippen molar-refractivity contribution in [3.05, 3.63) is 59.7 Å². The van der Waals surface area contributed by atoms with Gasteiger partial charge in [0.05, 0.1) is 0 Å². The highest BCUT2D eigenvalue weighted by molar-refractivity contribution is 7.80. The molecule has 0 fully saturated rings. The molecule has 2 aromatic carbocycles. The molecule has 1 aliphatic rings. The summed E-state index contributed by atoms with van der Waals surface area (Å²) in [6, 6.07) is 16.1. The molecule has 4 heteroatoms. The Balaban J connectivity index is 1.78. The maximum absolute atomic E-state index is 11.3. The van der Waals surface area contributed by atoms with Crippen LogP contribution in [0.15, 0.2) is 48.5 Å². The molecule has 1 atom stereocenters. The number of nitrogens with one attached hydrogen (secondary N) is 1. The predicted octanol–water partition coefficient (Wildman–Crippen LogP) is 4.04. The molecule has 112 valence electrons. The van der Waals surface area contributed by atoms with Crippen LogP contribution in [0, 0.1) is 0 Å². The number of para-hydroxylation sites is 1. The van der Waals surface area contributed by atoms with E-state index in [1.807, 2.05) is 30.3 Å². The molecule has 3 nitrogen and oxygen atoms in total. The fraction of sp³-hybridized carbons (Fsp3) is 0.222. The average molecular weight is 310 g/mol. The van der Waals surface area contributed by atoms with Crippen LogP contribution in [0.2, 0.25) is 0 Å². The summed E-state index contributed by atoms with van der Waals surface area (Å²) in [5.41, 5.74) is 4.10. The van der Waals surface area contributed by atoms with E-state index in [4.69, 9.17) is 12.2 Å². The van der Waals surface area contributed by atoms with Gasteiger partial charge in [0.15, 0.2) is 10.9 Å². The molecule has 1 aliphatic heterocycles. The molecule has 22 heavy (non-hydrogen) atoms. The average Bonchev–Trinajstić information content (AvgIpc) is 2.83. The molecular formula is C18H18N2OS. The first-order valence-corrected chi connectivity index (χ1v) is 7.76. The van der Waals surface area contributed by atoms with Crippen molar-refractivity contribution in [2.75, 3.05) is 10.2 Å². The summed E-state index contributed by atoms with van der Waals surface area (Å²) in [6.45, 7) is 3.74. The van der Waals surface area contributed by atoms with Crippen molar-refractivity contribution in [3.8, 4) is 0 Å². The summed E-state index contributed by atoms with van der Waals surface area (Å²) >= 11 is 5.58. The summed E-state index contributed by atoms with van der Waals surface area (Å²) in [6.07, 6.45) is 1.00. The Hall–Kier alpha value is -2.20. The molecule has 0 amide bonds. The Kier molecular flexibility index (Phi) is 3.94. The molecule has 0 radical (unpaired) electrons. The second-order valence-electron chi connectivity index (χ2n) is 5.62. The molecular weight excluding hydrogens is 292 g/mol. The Morgan fingerprint density at radius 1 is 1.18 bits per heavy atom. The molecule has 1 N–H and O–H groups in total. The first-order chi connectivity index (χ1) is 10.6. The minimum atomic E-state index is 0.0659. The number of nitrogens with zero attached hydrogens (tertiary/aromatic N) is 1. The zero-order chi connectivity index (χ0) is 15.7. The van der Waals surface area contributed by atoms with Crippen molar-refractivity contribution in [2.45, 2.75) is 26.3 Å². The molecule has 0 aromatic heterocycles. The lowest BCUT2D eigenvalue weighted by Gasteiger charge is -2.26. The quantitative estimate of drug-likeness (QED) is 0.670. The molecule has 0 saturated heterocycles. The number of hydrogen-bond acceptors (Lipinski definition) is 2. The van der Waals surface area contributed by atoms with Gasteiger partial charge in [0.25, 0.3) is 0 Å². The normalized spacial score (nSPS) is 16.3. The third-order valence-corrected chi connectivity index (χ3v) is 4.27. The fourth-order valence-electron chi connectivity index (χ4n) is 2.85. The van der Waals surface area contributed by atoms with Gasteiger partial charge in [-0.3, -0.25) is 4.79 Å². The van der Waals surface area contributed by atoms with Gasteiger partial charge < -0.3 is 10.2 Å². The van der Waals surface area contributed by atoms with E-state index in [0.717, 1.165) is 12.1 Å². The summed E-state index contributed by atoms with van der Waals surface area (Å²) in [7, 11) is 0. The largest absolute Gasteiger partial charge is 0.332 e. The topological polar surface area (TPSA) is 32.3 Å². The van der Waals surface area contributed by atoms with E-state index in [9.17, 15) is 4.79 Å². The Morgan fingerprint density at radius 3 is 2.55 bits per heavy atom. The van der Waals surface area contributed by atoms with E-state index in [2.05, 4.69) is 35.3 Å². The fourth-order valence-corrected chi connectivity index (χ4v) is 3.24. The van der Waals surface area contributed by atoms with Crippen LogP contribution in [0.25, 0.3) is 0 Å². The van der Waals surface area contributed by atoms with Crippen molar-refractivity contribution in [1.82, 2.24) is 0 Å². The van der Waals surface area contributed by atoms with E-state index in [1.165, 1.54) is 11.3 Å². The number of anilines is 2. The Bertz CT molecular complexity index is 724. The zero-order valence-electron chi connectivity index (χ0n) is 12.7.